The summed E-state index contributed by atoms with van der Waals surface area (Å²) < 4.78 is 2.60. The van der Waals surface area contributed by atoms with Crippen molar-refractivity contribution in [1.82, 2.24) is 14.9 Å². The van der Waals surface area contributed by atoms with Crippen molar-refractivity contribution in [2.45, 2.75) is 6.04 Å². The predicted molar refractivity (Wildman–Crippen MR) is 97.2 cm³/mol. The number of nitrogens with one attached hydrogen (secondary N) is 1. The number of nitrogens with zero attached hydrogens (tertiary/aromatic N) is 2. The van der Waals surface area contributed by atoms with Gasteiger partial charge < -0.3 is 15.0 Å². The Morgan fingerprint density at radius 3 is 2.88 bits per heavy atom. The normalized spacial score (nSPS) is 12.3. The Labute approximate surface area is 152 Å². The van der Waals surface area contributed by atoms with E-state index in [9.17, 15) is 9.90 Å². The molecule has 5 nitrogen and oxygen atoms in total. The average Bonchev–Trinajstić information content (AvgIpc) is 2.91. The van der Waals surface area contributed by atoms with Crippen LogP contribution in [0.2, 0.25) is 5.02 Å². The van der Waals surface area contributed by atoms with Gasteiger partial charge in [-0.3, -0.25) is 9.78 Å². The molecule has 1 aromatic carbocycles. The number of pyridine rings is 1. The van der Waals surface area contributed by atoms with Gasteiger partial charge in [0.1, 0.15) is 5.69 Å². The van der Waals surface area contributed by atoms with E-state index in [0.29, 0.717) is 10.7 Å². The fraction of sp³-hybridized carbons (Fsp3) is 0.176. The van der Waals surface area contributed by atoms with Gasteiger partial charge in [0.25, 0.3) is 5.91 Å². The molecule has 2 N–H and O–H groups in total. The number of amides is 1. The zero-order valence-electron chi connectivity index (χ0n) is 12.8. The van der Waals surface area contributed by atoms with Gasteiger partial charge in [-0.2, -0.15) is 0 Å². The predicted octanol–water partition coefficient (Wildman–Crippen LogP) is 3.45. The third-order valence-corrected chi connectivity index (χ3v) is 4.76. The van der Waals surface area contributed by atoms with E-state index in [4.69, 9.17) is 11.6 Å². The molecule has 24 heavy (non-hydrogen) atoms. The number of carbonyl (C=O) groups excluding carboxylic acids is 1. The zero-order valence-corrected chi connectivity index (χ0v) is 15.2. The van der Waals surface area contributed by atoms with Crippen LogP contribution in [0.3, 0.4) is 0 Å². The van der Waals surface area contributed by atoms with Gasteiger partial charge in [0.15, 0.2) is 0 Å². The van der Waals surface area contributed by atoms with Crippen molar-refractivity contribution in [2.75, 3.05) is 6.61 Å². The molecular formula is C17H15BrClN3O2. The summed E-state index contributed by atoms with van der Waals surface area (Å²) in [7, 11) is 1.80. The molecule has 0 radical (unpaired) electrons. The highest BCUT2D eigenvalue weighted by Crippen LogP contribution is 2.26. The number of aromatic nitrogens is 2. The minimum Gasteiger partial charge on any atom is -0.394 e. The van der Waals surface area contributed by atoms with Crippen LogP contribution in [-0.2, 0) is 7.05 Å². The fourth-order valence-electron chi connectivity index (χ4n) is 2.62. The highest BCUT2D eigenvalue weighted by molar-refractivity contribution is 9.10. The second-order valence-electron chi connectivity index (χ2n) is 5.41. The Kier molecular flexibility index (Phi) is 4.89. The molecule has 0 aliphatic rings. The lowest BCUT2D eigenvalue weighted by molar-refractivity contribution is 0.0908. The minimum atomic E-state index is -0.532. The summed E-state index contributed by atoms with van der Waals surface area (Å²) in [6, 6.07) is 8.33. The van der Waals surface area contributed by atoms with Crippen LogP contribution in [0.15, 0.2) is 47.2 Å². The number of hydrogen-bond donors (Lipinski definition) is 2. The van der Waals surface area contributed by atoms with Gasteiger partial charge in [-0.15, -0.1) is 0 Å². The molecule has 3 aromatic rings. The van der Waals surface area contributed by atoms with E-state index in [1.807, 2.05) is 6.07 Å². The molecule has 3 rings (SSSR count). The van der Waals surface area contributed by atoms with Crippen LogP contribution in [0.1, 0.15) is 22.1 Å². The van der Waals surface area contributed by atoms with Crippen molar-refractivity contribution >= 4 is 44.3 Å². The first-order valence-electron chi connectivity index (χ1n) is 7.27. The second kappa shape index (κ2) is 6.93. The molecule has 0 spiro atoms. The highest BCUT2D eigenvalue weighted by atomic mass is 79.9. The molecule has 0 aliphatic heterocycles. The lowest BCUT2D eigenvalue weighted by Gasteiger charge is -2.17. The van der Waals surface area contributed by atoms with E-state index in [1.165, 1.54) is 0 Å². The van der Waals surface area contributed by atoms with E-state index >= 15 is 0 Å². The van der Waals surface area contributed by atoms with Crippen molar-refractivity contribution in [1.29, 1.82) is 0 Å². The first-order valence-corrected chi connectivity index (χ1v) is 8.44. The second-order valence-corrected chi connectivity index (χ2v) is 6.70. The molecule has 0 fully saturated rings. The standard InChI is InChI=1S/C17H15BrClN3O2/c1-22-15(6-12-13(18)7-20-8-16(12)22)17(24)21-14(9-23)10-3-2-4-11(19)5-10/h2-8,14,23H,9H2,1H3,(H,21,24)/t14-/m1/s1. The lowest BCUT2D eigenvalue weighted by Crippen LogP contribution is -2.31. The third kappa shape index (κ3) is 3.17. The molecule has 2 aromatic heterocycles. The van der Waals surface area contributed by atoms with Crippen molar-refractivity contribution in [3.8, 4) is 0 Å². The van der Waals surface area contributed by atoms with E-state index in [2.05, 4.69) is 26.2 Å². The topological polar surface area (TPSA) is 67.2 Å². The number of benzene rings is 1. The molecule has 124 valence electrons. The van der Waals surface area contributed by atoms with Crippen molar-refractivity contribution in [3.63, 3.8) is 0 Å². The van der Waals surface area contributed by atoms with Gasteiger partial charge in [0, 0.05) is 28.1 Å². The van der Waals surface area contributed by atoms with Crippen molar-refractivity contribution < 1.29 is 9.90 Å². The number of carbonyl (C=O) groups is 1. The van der Waals surface area contributed by atoms with Gasteiger partial charge in [0.05, 0.1) is 24.4 Å². The maximum Gasteiger partial charge on any atom is 0.268 e. The van der Waals surface area contributed by atoms with Crippen LogP contribution in [0.25, 0.3) is 10.9 Å². The summed E-state index contributed by atoms with van der Waals surface area (Å²) in [6.07, 6.45) is 3.39. The SMILES string of the molecule is Cn1c(C(=O)N[C@H](CO)c2cccc(Cl)c2)cc2c(Br)cncc21. The Hall–Kier alpha value is -1.89. The maximum absolute atomic E-state index is 12.7. The number of hydrogen-bond acceptors (Lipinski definition) is 3. The van der Waals surface area contributed by atoms with Gasteiger partial charge in [-0.25, -0.2) is 0 Å². The summed E-state index contributed by atoms with van der Waals surface area (Å²) in [6.45, 7) is -0.221. The van der Waals surface area contributed by atoms with Crippen LogP contribution in [-0.4, -0.2) is 27.2 Å². The lowest BCUT2D eigenvalue weighted by atomic mass is 10.1. The van der Waals surface area contributed by atoms with Crippen molar-refractivity contribution in [2.24, 2.45) is 7.05 Å². The molecular weight excluding hydrogens is 394 g/mol. The summed E-state index contributed by atoms with van der Waals surface area (Å²) in [5.74, 6) is -0.278. The van der Waals surface area contributed by atoms with Gasteiger partial charge in [0.2, 0.25) is 0 Å². The van der Waals surface area contributed by atoms with Crippen LogP contribution in [0.4, 0.5) is 0 Å². The first kappa shape index (κ1) is 17.0. The van der Waals surface area contributed by atoms with Gasteiger partial charge >= 0.3 is 0 Å². The molecule has 7 heteroatoms. The number of fused-ring (bicyclic) bond motifs is 1. The first-order chi connectivity index (χ1) is 11.5. The molecule has 0 saturated heterocycles. The van der Waals surface area contributed by atoms with Crippen LogP contribution < -0.4 is 5.32 Å². The molecule has 1 atom stereocenters. The monoisotopic (exact) mass is 407 g/mol. The van der Waals surface area contributed by atoms with Crippen molar-refractivity contribution in [3.05, 3.63) is 63.5 Å². The maximum atomic E-state index is 12.7. The van der Waals surface area contributed by atoms with E-state index < -0.39 is 6.04 Å². The third-order valence-electron chi connectivity index (χ3n) is 3.89. The number of aryl methyl sites for hydroxylation is 1. The molecule has 0 bridgehead atoms. The molecule has 0 saturated carbocycles. The summed E-state index contributed by atoms with van der Waals surface area (Å²) in [4.78, 5) is 16.8. The zero-order chi connectivity index (χ0) is 17.3. The summed E-state index contributed by atoms with van der Waals surface area (Å²) >= 11 is 9.43. The quantitative estimate of drug-likeness (QED) is 0.695. The number of aliphatic hydroxyl groups excluding tert-OH is 1. The molecule has 1 amide bonds. The molecule has 0 aliphatic carbocycles. The number of halogens is 2. The van der Waals surface area contributed by atoms with E-state index in [0.717, 1.165) is 20.9 Å². The minimum absolute atomic E-state index is 0.221. The molecule has 0 unspecified atom stereocenters. The largest absolute Gasteiger partial charge is 0.394 e. The Morgan fingerprint density at radius 2 is 2.21 bits per heavy atom. The number of aliphatic hydroxyl groups is 1. The Morgan fingerprint density at radius 1 is 1.42 bits per heavy atom. The van der Waals surface area contributed by atoms with Crippen LogP contribution >= 0.6 is 27.5 Å². The Bertz CT molecular complexity index is 910. The Balaban J connectivity index is 1.91. The van der Waals surface area contributed by atoms with E-state index in [1.54, 1.807) is 48.3 Å². The molecule has 2 heterocycles. The highest BCUT2D eigenvalue weighted by Gasteiger charge is 2.19. The van der Waals surface area contributed by atoms with E-state index in [-0.39, 0.29) is 12.5 Å². The van der Waals surface area contributed by atoms with Gasteiger partial charge in [-0.05, 0) is 39.7 Å². The average molecular weight is 409 g/mol. The summed E-state index contributed by atoms with van der Waals surface area (Å²) in [5, 5.41) is 13.9. The van der Waals surface area contributed by atoms with Crippen LogP contribution in [0, 0.1) is 0 Å². The smallest absolute Gasteiger partial charge is 0.268 e. The number of rotatable bonds is 4. The van der Waals surface area contributed by atoms with Crippen LogP contribution in [0.5, 0.6) is 0 Å². The summed E-state index contributed by atoms with van der Waals surface area (Å²) in [5.41, 5.74) is 2.08. The fourth-order valence-corrected chi connectivity index (χ4v) is 3.25. The van der Waals surface area contributed by atoms with Gasteiger partial charge in [-0.1, -0.05) is 23.7 Å².